The van der Waals surface area contributed by atoms with Gasteiger partial charge in [-0.1, -0.05) is 6.07 Å². The normalized spacial score (nSPS) is 18.4. The van der Waals surface area contributed by atoms with E-state index in [0.717, 1.165) is 29.0 Å². The molecular formula is C16H19N3S. The van der Waals surface area contributed by atoms with Crippen molar-refractivity contribution in [2.24, 2.45) is 0 Å². The molecule has 2 heterocycles. The molecule has 2 aliphatic rings. The van der Waals surface area contributed by atoms with E-state index < -0.39 is 0 Å². The van der Waals surface area contributed by atoms with Gasteiger partial charge in [-0.3, -0.25) is 4.98 Å². The van der Waals surface area contributed by atoms with Crippen LogP contribution in [0, 0.1) is 6.92 Å². The monoisotopic (exact) mass is 285 g/mol. The summed E-state index contributed by atoms with van der Waals surface area (Å²) in [5, 5.41) is 4.71. The van der Waals surface area contributed by atoms with Crippen LogP contribution in [0.25, 0.3) is 10.7 Å². The van der Waals surface area contributed by atoms with Crippen LogP contribution in [0.3, 0.4) is 0 Å². The van der Waals surface area contributed by atoms with Gasteiger partial charge in [0.2, 0.25) is 0 Å². The molecule has 0 saturated heterocycles. The van der Waals surface area contributed by atoms with Gasteiger partial charge < -0.3 is 5.32 Å². The van der Waals surface area contributed by atoms with Gasteiger partial charge in [-0.2, -0.15) is 0 Å². The van der Waals surface area contributed by atoms with E-state index in [2.05, 4.69) is 22.4 Å². The first-order valence-corrected chi connectivity index (χ1v) is 8.28. The third-order valence-electron chi connectivity index (χ3n) is 3.93. The molecule has 0 atom stereocenters. The lowest BCUT2D eigenvalue weighted by Gasteiger charge is -2.01. The molecule has 0 aliphatic heterocycles. The molecule has 20 heavy (non-hydrogen) atoms. The van der Waals surface area contributed by atoms with Crippen LogP contribution in [0.5, 0.6) is 0 Å². The minimum atomic E-state index is 0.709. The molecule has 0 spiro atoms. The van der Waals surface area contributed by atoms with Crippen LogP contribution in [0.15, 0.2) is 18.2 Å². The summed E-state index contributed by atoms with van der Waals surface area (Å²) in [7, 11) is 0. The Bertz CT molecular complexity index is 626. The van der Waals surface area contributed by atoms with Crippen LogP contribution in [-0.2, 0) is 6.54 Å². The van der Waals surface area contributed by atoms with Crippen LogP contribution < -0.4 is 5.32 Å². The molecule has 0 aromatic carbocycles. The van der Waals surface area contributed by atoms with Crippen LogP contribution in [0.1, 0.15) is 47.9 Å². The van der Waals surface area contributed by atoms with E-state index in [4.69, 9.17) is 4.98 Å². The molecule has 4 heteroatoms. The Hall–Kier alpha value is -1.26. The molecule has 3 nitrogen and oxygen atoms in total. The molecule has 4 rings (SSSR count). The van der Waals surface area contributed by atoms with E-state index in [1.54, 1.807) is 0 Å². The Morgan fingerprint density at radius 1 is 1.20 bits per heavy atom. The minimum Gasteiger partial charge on any atom is -0.309 e. The molecule has 2 aliphatic carbocycles. The van der Waals surface area contributed by atoms with Crippen molar-refractivity contribution in [2.75, 3.05) is 0 Å². The first-order valence-electron chi connectivity index (χ1n) is 7.46. The first-order chi connectivity index (χ1) is 9.79. The van der Waals surface area contributed by atoms with Crippen molar-refractivity contribution in [3.63, 3.8) is 0 Å². The summed E-state index contributed by atoms with van der Waals surface area (Å²) in [4.78, 5) is 10.9. The van der Waals surface area contributed by atoms with Crippen LogP contribution in [-0.4, -0.2) is 16.0 Å². The molecular weight excluding hydrogens is 266 g/mol. The number of thiazole rings is 1. The fourth-order valence-corrected chi connectivity index (χ4v) is 3.53. The maximum atomic E-state index is 4.90. The number of rotatable bonds is 5. The average molecular weight is 285 g/mol. The van der Waals surface area contributed by atoms with Gasteiger partial charge in [0.25, 0.3) is 0 Å². The summed E-state index contributed by atoms with van der Waals surface area (Å²) >= 11 is 1.82. The molecule has 2 saturated carbocycles. The third-order valence-corrected chi connectivity index (χ3v) is 5.02. The average Bonchev–Trinajstić information content (AvgIpc) is 3.36. The highest BCUT2D eigenvalue weighted by Crippen LogP contribution is 2.44. The number of nitrogens with zero attached hydrogens (tertiary/aromatic N) is 2. The van der Waals surface area contributed by atoms with Crippen molar-refractivity contribution in [1.29, 1.82) is 0 Å². The van der Waals surface area contributed by atoms with Crippen LogP contribution in [0.2, 0.25) is 0 Å². The van der Waals surface area contributed by atoms with Crippen molar-refractivity contribution < 1.29 is 0 Å². The molecule has 104 valence electrons. The van der Waals surface area contributed by atoms with Gasteiger partial charge >= 0.3 is 0 Å². The van der Waals surface area contributed by atoms with Gasteiger partial charge in [-0.15, -0.1) is 11.3 Å². The zero-order valence-corrected chi connectivity index (χ0v) is 12.5. The largest absolute Gasteiger partial charge is 0.309 e. The minimum absolute atomic E-state index is 0.709. The predicted molar refractivity (Wildman–Crippen MR) is 81.9 cm³/mol. The highest BCUT2D eigenvalue weighted by molar-refractivity contribution is 7.15. The summed E-state index contributed by atoms with van der Waals surface area (Å²) in [5.74, 6) is 0.709. The smallest absolute Gasteiger partial charge is 0.142 e. The number of hydrogen-bond acceptors (Lipinski definition) is 4. The topological polar surface area (TPSA) is 37.8 Å². The first kappa shape index (κ1) is 12.5. The van der Waals surface area contributed by atoms with Crippen LogP contribution in [0.4, 0.5) is 0 Å². The molecule has 2 aromatic heterocycles. The Morgan fingerprint density at radius 2 is 2.05 bits per heavy atom. The van der Waals surface area contributed by atoms with Gasteiger partial charge in [0.1, 0.15) is 5.01 Å². The van der Waals surface area contributed by atoms with E-state index in [-0.39, 0.29) is 0 Å². The summed E-state index contributed by atoms with van der Waals surface area (Å²) in [6.07, 6.45) is 5.29. The zero-order chi connectivity index (χ0) is 13.5. The van der Waals surface area contributed by atoms with Gasteiger partial charge in [0.05, 0.1) is 11.4 Å². The van der Waals surface area contributed by atoms with E-state index in [1.165, 1.54) is 36.3 Å². The molecule has 0 amide bonds. The number of hydrogen-bond donors (Lipinski definition) is 1. The number of nitrogens with one attached hydrogen (secondary N) is 1. The SMILES string of the molecule is Cc1cccc(-c2nc(C3CC3)c(CNC3CC3)s2)n1. The summed E-state index contributed by atoms with van der Waals surface area (Å²) in [5.41, 5.74) is 3.42. The maximum Gasteiger partial charge on any atom is 0.142 e. The summed E-state index contributed by atoms with van der Waals surface area (Å²) in [6.45, 7) is 3.02. The lowest BCUT2D eigenvalue weighted by Crippen LogP contribution is -2.15. The Kier molecular flexibility index (Phi) is 3.08. The second-order valence-electron chi connectivity index (χ2n) is 5.92. The van der Waals surface area contributed by atoms with E-state index in [0.29, 0.717) is 5.92 Å². The quantitative estimate of drug-likeness (QED) is 0.911. The Morgan fingerprint density at radius 3 is 2.75 bits per heavy atom. The second-order valence-corrected chi connectivity index (χ2v) is 7.00. The summed E-state index contributed by atoms with van der Waals surface area (Å²) < 4.78 is 0. The van der Waals surface area contributed by atoms with Crippen molar-refractivity contribution in [1.82, 2.24) is 15.3 Å². The van der Waals surface area contributed by atoms with Gasteiger partial charge in [-0.05, 0) is 44.7 Å². The maximum absolute atomic E-state index is 4.90. The summed E-state index contributed by atoms with van der Waals surface area (Å²) in [6, 6.07) is 6.93. The molecule has 1 N–H and O–H groups in total. The van der Waals surface area contributed by atoms with Crippen molar-refractivity contribution in [3.05, 3.63) is 34.5 Å². The van der Waals surface area contributed by atoms with E-state index in [1.807, 2.05) is 24.3 Å². The standard InChI is InChI=1S/C16H19N3S/c1-10-3-2-4-13(18-10)16-19-15(11-5-6-11)14(20-16)9-17-12-7-8-12/h2-4,11-12,17H,5-9H2,1H3. The van der Waals surface area contributed by atoms with E-state index >= 15 is 0 Å². The molecule has 0 unspecified atom stereocenters. The highest BCUT2D eigenvalue weighted by atomic mass is 32.1. The van der Waals surface area contributed by atoms with Crippen molar-refractivity contribution in [3.8, 4) is 10.7 Å². The molecule has 2 aromatic rings. The Labute approximate surface area is 123 Å². The van der Waals surface area contributed by atoms with E-state index in [9.17, 15) is 0 Å². The van der Waals surface area contributed by atoms with Gasteiger partial charge in [0.15, 0.2) is 0 Å². The fraction of sp³-hybridized carbons (Fsp3) is 0.500. The second kappa shape index (κ2) is 4.93. The number of aromatic nitrogens is 2. The molecule has 2 fully saturated rings. The number of pyridine rings is 1. The predicted octanol–water partition coefficient (Wildman–Crippen LogP) is 3.64. The third kappa shape index (κ3) is 2.63. The van der Waals surface area contributed by atoms with Gasteiger partial charge in [-0.25, -0.2) is 4.98 Å². The zero-order valence-electron chi connectivity index (χ0n) is 11.7. The lowest BCUT2D eigenvalue weighted by atomic mass is 10.2. The van der Waals surface area contributed by atoms with Crippen molar-refractivity contribution >= 4 is 11.3 Å². The van der Waals surface area contributed by atoms with Gasteiger partial charge in [0, 0.05) is 29.1 Å². The van der Waals surface area contributed by atoms with Crippen molar-refractivity contribution in [2.45, 2.75) is 51.1 Å². The molecule has 0 bridgehead atoms. The number of aryl methyl sites for hydroxylation is 1. The fourth-order valence-electron chi connectivity index (χ4n) is 2.46. The molecule has 0 radical (unpaired) electrons. The Balaban J connectivity index is 1.63. The lowest BCUT2D eigenvalue weighted by molar-refractivity contribution is 0.688. The highest BCUT2D eigenvalue weighted by Gasteiger charge is 2.30. The van der Waals surface area contributed by atoms with Crippen LogP contribution >= 0.6 is 11.3 Å².